The number of methoxy groups -OCH3 is 4. The minimum absolute atomic E-state index is 0.00218. The standard InChI is InChI=1S/C43H69NO10.C42H69NO10/c1-11-27-14-13-15-36(54-38-17-16-35(44(7)8)25(5)50-38)24(4)39(46)34-21-32-30(33(34)22-37(45)52-27)18-23(3)29-19-28(20-31(29)32)53-43-42(48-10)41(49-12-2)40(47-9)26(6)51-43;1-10-27-13-12-14-35(53-37-18-17-34(43(6)7)24(4)49-37)23(3)38(45)33-21-31-29(32(33)22-36(44)51-27)16-15-26-19-28(20-30(26)31)52-42-41(47-9)40(48-11-2)39(46-8)25(5)50-42/h18,21,24-33,35-36,38,40-43H,11-17,19-20,22H2,1-10H3;21,23-32,34-35,37,39-42H,10-20,22H2,1-9H3/t24-,25-,26+,27+,28-,29+,30-,31-,32-,33+,35+,36+,38+,40?,41-,42-,43+;23-,24-,25+,26-,27+,28-,29-,30-,31-,32+,34+,35+,37+,39?,40-,41-,42+/m11/s1. The van der Waals surface area contributed by atoms with E-state index in [1.807, 2.05) is 41.5 Å². The van der Waals surface area contributed by atoms with Gasteiger partial charge in [0.25, 0.3) is 0 Å². The molecule has 6 aliphatic heterocycles. The van der Waals surface area contributed by atoms with E-state index in [1.54, 1.807) is 28.4 Å². The van der Waals surface area contributed by atoms with Gasteiger partial charge in [-0.1, -0.05) is 51.5 Å². The maximum atomic E-state index is 14.8. The van der Waals surface area contributed by atoms with Crippen LogP contribution in [0.1, 0.15) is 205 Å². The van der Waals surface area contributed by atoms with Gasteiger partial charge in [0.05, 0.1) is 61.7 Å². The van der Waals surface area contributed by atoms with Crippen molar-refractivity contribution >= 4 is 23.5 Å². The van der Waals surface area contributed by atoms with Crippen molar-refractivity contribution in [1.82, 2.24) is 9.80 Å². The molecule has 22 nitrogen and oxygen atoms in total. The lowest BCUT2D eigenvalue weighted by Gasteiger charge is -2.44. The molecule has 9 fully saturated rings. The minimum Gasteiger partial charge on any atom is -0.462 e. The van der Waals surface area contributed by atoms with Gasteiger partial charge < -0.3 is 85.6 Å². The van der Waals surface area contributed by atoms with Crippen LogP contribution in [0, 0.1) is 71.0 Å². The number of hydrogen-bond acceptors (Lipinski definition) is 22. The summed E-state index contributed by atoms with van der Waals surface area (Å²) in [4.78, 5) is 61.0. The van der Waals surface area contributed by atoms with Crippen LogP contribution in [-0.4, -0.2) is 238 Å². The van der Waals surface area contributed by atoms with Crippen molar-refractivity contribution in [3.63, 3.8) is 0 Å². The largest absolute Gasteiger partial charge is 0.462 e. The zero-order valence-electron chi connectivity index (χ0n) is 68.5. The van der Waals surface area contributed by atoms with E-state index >= 15 is 0 Å². The highest BCUT2D eigenvalue weighted by Gasteiger charge is 2.57. The van der Waals surface area contributed by atoms with E-state index in [1.165, 1.54) is 5.57 Å². The summed E-state index contributed by atoms with van der Waals surface area (Å²) in [7, 11) is 15.1. The average Bonchev–Trinajstić information content (AvgIpc) is 1.60. The summed E-state index contributed by atoms with van der Waals surface area (Å²) in [5.74, 6) is 0.742. The third-order valence-corrected chi connectivity index (χ3v) is 27.6. The Labute approximate surface area is 640 Å². The maximum Gasteiger partial charge on any atom is 0.306 e. The molecule has 0 spiro atoms. The lowest BCUT2D eigenvalue weighted by atomic mass is 9.66. The Kier molecular flexibility index (Phi) is 30.4. The van der Waals surface area contributed by atoms with Gasteiger partial charge >= 0.3 is 11.9 Å². The van der Waals surface area contributed by atoms with Gasteiger partial charge in [-0.15, -0.1) is 0 Å². The number of nitrogens with zero attached hydrogens (tertiary/aromatic N) is 2. The van der Waals surface area contributed by atoms with E-state index in [0.717, 1.165) is 120 Å². The summed E-state index contributed by atoms with van der Waals surface area (Å²) in [5.41, 5.74) is 2.89. The van der Waals surface area contributed by atoms with Crippen molar-refractivity contribution in [2.24, 2.45) is 71.0 Å². The molecule has 12 aliphatic rings. The Hall–Kier alpha value is -3.14. The molecule has 6 aliphatic carbocycles. The zero-order valence-corrected chi connectivity index (χ0v) is 68.5. The Morgan fingerprint density at radius 1 is 0.430 bits per heavy atom. The quantitative estimate of drug-likeness (QED) is 0.0816. The first-order valence-electron chi connectivity index (χ1n) is 41.9. The second kappa shape index (κ2) is 38.3. The minimum atomic E-state index is -0.597. The molecule has 0 N–H and O–H groups in total. The van der Waals surface area contributed by atoms with Crippen molar-refractivity contribution in [1.29, 1.82) is 0 Å². The van der Waals surface area contributed by atoms with E-state index in [0.29, 0.717) is 49.5 Å². The molecule has 0 aromatic heterocycles. The molecule has 0 bridgehead atoms. The molecule has 6 saturated heterocycles. The van der Waals surface area contributed by atoms with Crippen molar-refractivity contribution in [2.45, 2.75) is 339 Å². The number of hydrogen-bond donors (Lipinski definition) is 0. The Morgan fingerprint density at radius 2 is 0.888 bits per heavy atom. The van der Waals surface area contributed by atoms with Crippen LogP contribution in [0.15, 0.2) is 34.9 Å². The molecule has 107 heavy (non-hydrogen) atoms. The number of ether oxygens (including phenoxy) is 16. The highest BCUT2D eigenvalue weighted by atomic mass is 16.7. The Bertz CT molecular complexity index is 3000. The molecule has 3 saturated carbocycles. The first-order valence-corrected chi connectivity index (χ1v) is 41.9. The van der Waals surface area contributed by atoms with E-state index in [2.05, 4.69) is 90.8 Å². The molecule has 34 atom stereocenters. The van der Waals surface area contributed by atoms with Crippen molar-refractivity contribution in [2.75, 3.05) is 69.8 Å². The number of fused-ring (bicyclic) bond motifs is 10. The first kappa shape index (κ1) is 84.8. The second-order valence-corrected chi connectivity index (χ2v) is 34.3. The summed E-state index contributed by atoms with van der Waals surface area (Å²) < 4.78 is 100. The second-order valence-electron chi connectivity index (χ2n) is 34.3. The van der Waals surface area contributed by atoms with E-state index in [4.69, 9.17) is 75.8 Å². The normalized spacial score (nSPS) is 45.0. The summed E-state index contributed by atoms with van der Waals surface area (Å²) in [6, 6.07) is 0.682. The summed E-state index contributed by atoms with van der Waals surface area (Å²) in [6.45, 7) is 23.7. The third kappa shape index (κ3) is 19.1. The number of ketones is 2. The van der Waals surface area contributed by atoms with Gasteiger partial charge in [-0.3, -0.25) is 19.2 Å². The van der Waals surface area contributed by atoms with Crippen LogP contribution in [0.5, 0.6) is 0 Å². The number of allylic oxidation sites excluding steroid dienone is 6. The van der Waals surface area contributed by atoms with Gasteiger partial charge in [-0.2, -0.15) is 0 Å². The van der Waals surface area contributed by atoms with Gasteiger partial charge in [-0.25, -0.2) is 0 Å². The molecule has 22 heteroatoms. The average molecular weight is 1510 g/mol. The predicted octanol–water partition coefficient (Wildman–Crippen LogP) is 12.4. The predicted molar refractivity (Wildman–Crippen MR) is 402 cm³/mol. The lowest BCUT2D eigenvalue weighted by molar-refractivity contribution is -0.317. The fourth-order valence-corrected chi connectivity index (χ4v) is 21.9. The Morgan fingerprint density at radius 3 is 1.35 bits per heavy atom. The Balaban J connectivity index is 0.000000213. The number of carbonyl (C=O) groups is 4. The maximum absolute atomic E-state index is 14.8. The number of likely N-dealkylation sites (N-methyl/N-ethyl adjacent to an activating group) is 2. The number of esters is 2. The monoisotopic (exact) mass is 1510 g/mol. The number of cyclic esters (lactones) is 2. The molecule has 12 rings (SSSR count). The first-order chi connectivity index (χ1) is 51.3. The number of Topliss-reactive ketones (excluding diaryl/α,β-unsaturated/α-hetero) is 2. The van der Waals surface area contributed by atoms with E-state index in [9.17, 15) is 19.2 Å². The van der Waals surface area contributed by atoms with E-state index < -0.39 is 24.8 Å². The lowest BCUT2D eigenvalue weighted by Crippen LogP contribution is -2.60. The van der Waals surface area contributed by atoms with Crippen LogP contribution in [-0.2, 0) is 95.0 Å². The molecule has 0 aromatic carbocycles. The summed E-state index contributed by atoms with van der Waals surface area (Å²) >= 11 is 0. The van der Waals surface area contributed by atoms with Crippen molar-refractivity contribution in [3.8, 4) is 0 Å². The molecule has 0 amide bonds. The van der Waals surface area contributed by atoms with Gasteiger partial charge in [0, 0.05) is 77.4 Å². The van der Waals surface area contributed by atoms with E-state index in [-0.39, 0.29) is 188 Å². The summed E-state index contributed by atoms with van der Waals surface area (Å²) in [6.07, 6.45) is 17.4. The van der Waals surface area contributed by atoms with Gasteiger partial charge in [0.2, 0.25) is 0 Å². The summed E-state index contributed by atoms with van der Waals surface area (Å²) in [5, 5.41) is 0. The fourth-order valence-electron chi connectivity index (χ4n) is 21.9. The van der Waals surface area contributed by atoms with Crippen LogP contribution in [0.2, 0.25) is 0 Å². The highest BCUT2D eigenvalue weighted by Crippen LogP contribution is 2.59. The van der Waals surface area contributed by atoms with Crippen LogP contribution >= 0.6 is 0 Å². The van der Waals surface area contributed by atoms with Crippen molar-refractivity contribution in [3.05, 3.63) is 34.9 Å². The smallest absolute Gasteiger partial charge is 0.306 e. The SMILES string of the molecule is CCO[C@@H]1C(OC)[C@H](C)O[C@@H](O[C@@H]2C[C@H]3CC[C@@H]4[C@@H](C=C5C(=O)[C@H](C)[C@@H](O[C@H]6CC[C@H](N(C)C)[C@@H](C)O6)CCC[C@H](CC)OC(=O)C[C@H]54)[C@@H]3C2)[C@@H]1OC.CCO[C@@H]1C(OC)[C@H](C)O[C@@H](O[C@H]2C[C@H]3[C@@H]4C=C5C(=O)[C@H](C)[C@@H](O[C@H]6CC[C@H](N(C)C)[C@@H](C)O6)CCC[C@H](CC)OC(=O)C[C@H]5[C@@H]4C=C(C)[C@@H]3C2)[C@@H]1OC. The van der Waals surface area contributed by atoms with Gasteiger partial charge in [0.15, 0.2) is 36.7 Å². The topological polar surface area (TPSA) is 222 Å². The van der Waals surface area contributed by atoms with Crippen LogP contribution in [0.4, 0.5) is 0 Å². The molecule has 0 radical (unpaired) electrons. The fraction of sp³-hybridized carbons (Fsp3) is 0.882. The molecular weight excluding hydrogens is 1370 g/mol. The molecule has 2 unspecified atom stereocenters. The van der Waals surface area contributed by atoms with Crippen LogP contribution in [0.25, 0.3) is 0 Å². The highest BCUT2D eigenvalue weighted by molar-refractivity contribution is 6.00. The van der Waals surface area contributed by atoms with Crippen molar-refractivity contribution < 1.29 is 95.0 Å². The number of carbonyl (C=O) groups excluding carboxylic acids is 4. The number of rotatable bonds is 20. The van der Waals surface area contributed by atoms with Crippen LogP contribution < -0.4 is 0 Å². The van der Waals surface area contributed by atoms with Crippen LogP contribution in [0.3, 0.4) is 0 Å². The third-order valence-electron chi connectivity index (χ3n) is 27.6. The zero-order chi connectivity index (χ0) is 76.8. The molecular formula is C85H138N2O20. The molecule has 608 valence electrons. The van der Waals surface area contributed by atoms with Gasteiger partial charge in [-0.05, 0) is 251 Å². The van der Waals surface area contributed by atoms with Gasteiger partial charge in [0.1, 0.15) is 48.8 Å². The molecule has 6 heterocycles. The molecule has 0 aromatic rings.